The van der Waals surface area contributed by atoms with Gasteiger partial charge in [0.05, 0.1) is 0 Å². The van der Waals surface area contributed by atoms with E-state index >= 15 is 0 Å². The van der Waals surface area contributed by atoms with E-state index < -0.39 is 5.50 Å². The molecule has 0 aromatic carbocycles. The van der Waals surface area contributed by atoms with Gasteiger partial charge in [0.15, 0.2) is 0 Å². The summed E-state index contributed by atoms with van der Waals surface area (Å²) >= 11 is 0. The summed E-state index contributed by atoms with van der Waals surface area (Å²) < 4.78 is 5.48. The third kappa shape index (κ3) is 2.85. The Morgan fingerprint density at radius 1 is 1.50 bits per heavy atom. The lowest BCUT2D eigenvalue weighted by Gasteiger charge is -2.32. The molecule has 64 valence electrons. The van der Waals surface area contributed by atoms with Gasteiger partial charge in [-0.05, 0) is 24.7 Å². The monoisotopic (exact) mass is 162 g/mol. The fourth-order valence-electron chi connectivity index (χ4n) is 1.83. The molecule has 1 saturated heterocycles. The van der Waals surface area contributed by atoms with E-state index in [2.05, 4.69) is 20.8 Å². The predicted octanol–water partition coefficient (Wildman–Crippen LogP) is 1.59. The molecule has 1 unspecified atom stereocenters. The Hall–Kier alpha value is 0.0899. The molecule has 1 aliphatic rings. The molecule has 0 saturated carbocycles. The van der Waals surface area contributed by atoms with Gasteiger partial charge in [-0.1, -0.05) is 20.8 Å². The number of rotatable bonds is 1. The summed E-state index contributed by atoms with van der Waals surface area (Å²) in [5.41, 5.74) is -0.267. The molecule has 3 heteroatoms. The Morgan fingerprint density at radius 2 is 2.08 bits per heavy atom. The second-order valence-corrected chi connectivity index (χ2v) is 5.00. The van der Waals surface area contributed by atoms with Gasteiger partial charge in [-0.2, -0.15) is 0 Å². The van der Waals surface area contributed by atoms with Crippen LogP contribution in [-0.2, 0) is 4.74 Å². The molecule has 0 amide bonds. The zero-order valence-corrected chi connectivity index (χ0v) is 8.26. The van der Waals surface area contributed by atoms with Crippen LogP contribution in [0.3, 0.4) is 0 Å². The highest BCUT2D eigenvalue weighted by Crippen LogP contribution is 2.36. The van der Waals surface area contributed by atoms with Crippen molar-refractivity contribution >= 4 is 15.7 Å². The predicted molar refractivity (Wildman–Crippen MR) is 52.4 cm³/mol. The molecule has 1 heterocycles. The van der Waals surface area contributed by atoms with Crippen LogP contribution in [0.4, 0.5) is 0 Å². The highest BCUT2D eigenvalue weighted by molar-refractivity contribution is 6.16. The number of hydrogen-bond acceptors (Lipinski definition) is 1. The topological polar surface area (TPSA) is 9.23 Å². The van der Waals surface area contributed by atoms with Crippen LogP contribution >= 0.6 is 0 Å². The van der Waals surface area contributed by atoms with Crippen LogP contribution in [0.5, 0.6) is 0 Å². The maximum atomic E-state index is 6.03. The summed E-state index contributed by atoms with van der Waals surface area (Å²) in [4.78, 5) is 0. The van der Waals surface area contributed by atoms with Crippen LogP contribution in [0.15, 0.2) is 0 Å². The van der Waals surface area contributed by atoms with Crippen molar-refractivity contribution in [1.29, 1.82) is 0 Å². The lowest BCUT2D eigenvalue weighted by molar-refractivity contribution is 0.0242. The molecule has 2 atom stereocenters. The highest BCUT2D eigenvalue weighted by Gasteiger charge is 2.36. The fourth-order valence-corrected chi connectivity index (χ4v) is 1.83. The molecule has 0 bridgehead atoms. The van der Waals surface area contributed by atoms with Gasteiger partial charge in [0, 0.05) is 11.5 Å². The quantitative estimate of drug-likeness (QED) is 0.531. The van der Waals surface area contributed by atoms with Crippen molar-refractivity contribution in [2.24, 2.45) is 5.41 Å². The Bertz CT molecular complexity index is 164. The molecule has 0 aromatic heterocycles. The van der Waals surface area contributed by atoms with E-state index in [9.17, 15) is 0 Å². The average molecular weight is 162 g/mol. The first kappa shape index (κ1) is 10.2. The summed E-state index contributed by atoms with van der Waals surface area (Å²) in [7, 11) is 11.7. The minimum Gasteiger partial charge on any atom is -0.391 e. The fraction of sp³-hybridized carbons (Fsp3) is 1.00. The van der Waals surface area contributed by atoms with Crippen LogP contribution in [0, 0.1) is 5.41 Å². The Labute approximate surface area is 78.1 Å². The summed E-state index contributed by atoms with van der Waals surface area (Å²) in [6.45, 7) is 6.48. The smallest absolute Gasteiger partial charge is 0.113 e. The van der Waals surface area contributed by atoms with Crippen LogP contribution in [0.25, 0.3) is 0 Å². The SMILES string of the molecule is [B]C1CC[C@@]([B])(CC(C)(C)C)O1. The van der Waals surface area contributed by atoms with Crippen molar-refractivity contribution in [3.63, 3.8) is 0 Å². The summed E-state index contributed by atoms with van der Waals surface area (Å²) in [5.74, 6) is 0. The van der Waals surface area contributed by atoms with Crippen molar-refractivity contribution in [2.45, 2.75) is 51.5 Å². The first-order valence-corrected chi connectivity index (χ1v) is 4.53. The highest BCUT2D eigenvalue weighted by atomic mass is 16.5. The van der Waals surface area contributed by atoms with E-state index in [4.69, 9.17) is 20.4 Å². The standard InChI is InChI=1S/C9H16B2O/c1-8(2,3)6-9(11)5-4-7(10)12-9/h7H,4-6H2,1-3H3/t7?,9-/m0/s1. The Kier molecular flexibility index (Phi) is 2.63. The van der Waals surface area contributed by atoms with Gasteiger partial charge in [-0.3, -0.25) is 0 Å². The third-order valence-electron chi connectivity index (χ3n) is 2.07. The number of ether oxygens (including phenoxy) is 1. The van der Waals surface area contributed by atoms with Crippen LogP contribution < -0.4 is 0 Å². The van der Waals surface area contributed by atoms with Gasteiger partial charge in [0.1, 0.15) is 15.7 Å². The molecule has 12 heavy (non-hydrogen) atoms. The molecule has 1 rings (SSSR count). The third-order valence-corrected chi connectivity index (χ3v) is 2.07. The minimum absolute atomic E-state index is 0.155. The zero-order valence-electron chi connectivity index (χ0n) is 8.26. The maximum Gasteiger partial charge on any atom is 0.113 e. The number of hydrogen-bond donors (Lipinski definition) is 0. The van der Waals surface area contributed by atoms with Crippen LogP contribution in [0.1, 0.15) is 40.0 Å². The van der Waals surface area contributed by atoms with Crippen molar-refractivity contribution in [3.05, 3.63) is 0 Å². The molecule has 1 nitrogen and oxygen atoms in total. The average Bonchev–Trinajstić information content (AvgIpc) is 2.05. The first-order valence-electron chi connectivity index (χ1n) is 4.53. The van der Waals surface area contributed by atoms with E-state index in [1.54, 1.807) is 0 Å². The van der Waals surface area contributed by atoms with Gasteiger partial charge in [0.2, 0.25) is 0 Å². The summed E-state index contributed by atoms with van der Waals surface area (Å²) in [6.07, 6.45) is 2.63. The molecule has 1 fully saturated rings. The van der Waals surface area contributed by atoms with Crippen LogP contribution in [-0.4, -0.2) is 27.2 Å². The minimum atomic E-state index is -0.475. The molecule has 0 aromatic rings. The van der Waals surface area contributed by atoms with Gasteiger partial charge in [-0.15, -0.1) is 0 Å². The molecule has 4 radical (unpaired) electrons. The van der Waals surface area contributed by atoms with Crippen molar-refractivity contribution in [1.82, 2.24) is 0 Å². The molecular formula is C9H16B2O. The second-order valence-electron chi connectivity index (χ2n) is 5.00. The van der Waals surface area contributed by atoms with Gasteiger partial charge in [-0.25, -0.2) is 0 Å². The van der Waals surface area contributed by atoms with E-state index in [-0.39, 0.29) is 11.4 Å². The Balaban J connectivity index is 2.51. The lowest BCUT2D eigenvalue weighted by atomic mass is 9.69. The lowest BCUT2D eigenvalue weighted by Crippen LogP contribution is -2.34. The Morgan fingerprint density at radius 3 is 2.42 bits per heavy atom. The van der Waals surface area contributed by atoms with E-state index in [1.165, 1.54) is 0 Å². The molecule has 0 N–H and O–H groups in total. The largest absolute Gasteiger partial charge is 0.391 e. The first-order chi connectivity index (χ1) is 5.31. The van der Waals surface area contributed by atoms with Gasteiger partial charge < -0.3 is 4.74 Å². The molecule has 0 spiro atoms. The molecular weight excluding hydrogens is 146 g/mol. The van der Waals surface area contributed by atoms with E-state index in [0.717, 1.165) is 19.3 Å². The summed E-state index contributed by atoms with van der Waals surface area (Å²) in [6, 6.07) is -0.155. The van der Waals surface area contributed by atoms with Gasteiger partial charge in [0.25, 0.3) is 0 Å². The van der Waals surface area contributed by atoms with Crippen molar-refractivity contribution in [3.8, 4) is 0 Å². The molecule has 0 aliphatic carbocycles. The maximum absolute atomic E-state index is 6.03. The normalized spacial score (nSPS) is 37.1. The zero-order chi connectivity index (χ0) is 9.41. The molecule has 1 aliphatic heterocycles. The van der Waals surface area contributed by atoms with E-state index in [0.29, 0.717) is 0 Å². The van der Waals surface area contributed by atoms with Gasteiger partial charge >= 0.3 is 0 Å². The van der Waals surface area contributed by atoms with Crippen LogP contribution in [0.2, 0.25) is 0 Å². The second kappa shape index (κ2) is 3.10. The summed E-state index contributed by atoms with van der Waals surface area (Å²) in [5, 5.41) is 0. The van der Waals surface area contributed by atoms with E-state index in [1.807, 2.05) is 0 Å². The van der Waals surface area contributed by atoms with Crippen molar-refractivity contribution in [2.75, 3.05) is 0 Å². The van der Waals surface area contributed by atoms with Crippen molar-refractivity contribution < 1.29 is 4.74 Å².